The molecule has 1 aromatic carbocycles. The van der Waals surface area contributed by atoms with Crippen LogP contribution in [-0.2, 0) is 6.42 Å². The molecular weight excluding hydrogens is 236 g/mol. The Bertz CT molecular complexity index is 515. The summed E-state index contributed by atoms with van der Waals surface area (Å²) < 4.78 is 0. The van der Waals surface area contributed by atoms with E-state index in [1.807, 2.05) is 0 Å². The molecular formula is C15H20N4. The quantitative estimate of drug-likeness (QED) is 0.862. The lowest BCUT2D eigenvalue weighted by atomic mass is 9.74. The van der Waals surface area contributed by atoms with E-state index in [-0.39, 0.29) is 0 Å². The number of aromatic amines is 1. The Kier molecular flexibility index (Phi) is 3.60. The average Bonchev–Trinajstić information content (AvgIpc) is 2.87. The van der Waals surface area contributed by atoms with Crippen LogP contribution in [-0.4, -0.2) is 27.8 Å². The Morgan fingerprint density at radius 1 is 1.32 bits per heavy atom. The van der Waals surface area contributed by atoms with E-state index < -0.39 is 0 Å². The maximum absolute atomic E-state index is 4.12. The SMILES string of the molecule is Cc1ccccc1C1CC(NCCc2ncn[nH]2)C1. The van der Waals surface area contributed by atoms with Crippen molar-refractivity contribution in [2.24, 2.45) is 0 Å². The zero-order chi connectivity index (χ0) is 13.1. The summed E-state index contributed by atoms with van der Waals surface area (Å²) in [6.07, 6.45) is 4.99. The molecule has 0 bridgehead atoms. The van der Waals surface area contributed by atoms with Gasteiger partial charge in [-0.2, -0.15) is 5.10 Å². The predicted molar refractivity (Wildman–Crippen MR) is 75.0 cm³/mol. The number of hydrogen-bond acceptors (Lipinski definition) is 3. The molecule has 0 atom stereocenters. The van der Waals surface area contributed by atoms with Crippen LogP contribution in [0.4, 0.5) is 0 Å². The van der Waals surface area contributed by atoms with Gasteiger partial charge in [0.1, 0.15) is 12.2 Å². The number of benzene rings is 1. The van der Waals surface area contributed by atoms with Gasteiger partial charge in [-0.05, 0) is 36.8 Å². The van der Waals surface area contributed by atoms with Crippen LogP contribution in [0.1, 0.15) is 35.7 Å². The molecule has 1 saturated carbocycles. The Morgan fingerprint density at radius 3 is 2.89 bits per heavy atom. The van der Waals surface area contributed by atoms with E-state index in [0.717, 1.165) is 24.7 Å². The highest BCUT2D eigenvalue weighted by Gasteiger charge is 2.30. The second kappa shape index (κ2) is 5.53. The Morgan fingerprint density at radius 2 is 2.16 bits per heavy atom. The third kappa shape index (κ3) is 2.84. The van der Waals surface area contributed by atoms with Gasteiger partial charge in [-0.3, -0.25) is 5.10 Å². The first-order valence-corrected chi connectivity index (χ1v) is 6.96. The van der Waals surface area contributed by atoms with Gasteiger partial charge in [0.05, 0.1) is 0 Å². The van der Waals surface area contributed by atoms with Gasteiger partial charge in [0, 0.05) is 19.0 Å². The number of nitrogens with zero attached hydrogens (tertiary/aromatic N) is 2. The number of aryl methyl sites for hydroxylation is 1. The van der Waals surface area contributed by atoms with Crippen molar-refractivity contribution in [3.8, 4) is 0 Å². The molecule has 0 radical (unpaired) electrons. The van der Waals surface area contributed by atoms with Crippen LogP contribution >= 0.6 is 0 Å². The topological polar surface area (TPSA) is 53.6 Å². The summed E-state index contributed by atoms with van der Waals surface area (Å²) in [4.78, 5) is 4.12. The van der Waals surface area contributed by atoms with Crippen molar-refractivity contribution in [2.45, 2.75) is 38.1 Å². The van der Waals surface area contributed by atoms with E-state index in [4.69, 9.17) is 0 Å². The zero-order valence-electron chi connectivity index (χ0n) is 11.3. The fourth-order valence-corrected chi connectivity index (χ4v) is 2.83. The zero-order valence-corrected chi connectivity index (χ0v) is 11.3. The maximum Gasteiger partial charge on any atom is 0.137 e. The van der Waals surface area contributed by atoms with Crippen molar-refractivity contribution in [1.82, 2.24) is 20.5 Å². The largest absolute Gasteiger partial charge is 0.313 e. The van der Waals surface area contributed by atoms with E-state index in [2.05, 4.69) is 51.7 Å². The van der Waals surface area contributed by atoms with Crippen LogP contribution in [0, 0.1) is 6.92 Å². The molecule has 1 aliphatic rings. The van der Waals surface area contributed by atoms with Gasteiger partial charge >= 0.3 is 0 Å². The number of rotatable bonds is 5. The summed E-state index contributed by atoms with van der Waals surface area (Å²) in [7, 11) is 0. The molecule has 1 fully saturated rings. The summed E-state index contributed by atoms with van der Waals surface area (Å²) >= 11 is 0. The van der Waals surface area contributed by atoms with E-state index in [9.17, 15) is 0 Å². The molecule has 3 rings (SSSR count). The standard InChI is InChI=1S/C15H20N4/c1-11-4-2-3-5-14(11)12-8-13(9-12)16-7-6-15-17-10-18-19-15/h2-5,10,12-13,16H,6-9H2,1H3,(H,17,18,19). The molecule has 2 N–H and O–H groups in total. The lowest BCUT2D eigenvalue weighted by Gasteiger charge is -2.37. The van der Waals surface area contributed by atoms with Gasteiger partial charge < -0.3 is 5.32 Å². The molecule has 0 amide bonds. The normalized spacial score (nSPS) is 22.2. The first-order valence-electron chi connectivity index (χ1n) is 6.96. The van der Waals surface area contributed by atoms with Gasteiger partial charge in [0.2, 0.25) is 0 Å². The van der Waals surface area contributed by atoms with E-state index in [0.29, 0.717) is 6.04 Å². The maximum atomic E-state index is 4.12. The molecule has 19 heavy (non-hydrogen) atoms. The highest BCUT2D eigenvalue weighted by Crippen LogP contribution is 2.38. The summed E-state index contributed by atoms with van der Waals surface area (Å²) in [5.41, 5.74) is 2.95. The van der Waals surface area contributed by atoms with Crippen LogP contribution in [0.5, 0.6) is 0 Å². The second-order valence-corrected chi connectivity index (χ2v) is 5.36. The molecule has 100 valence electrons. The van der Waals surface area contributed by atoms with Gasteiger partial charge in [0.15, 0.2) is 0 Å². The van der Waals surface area contributed by atoms with Crippen LogP contribution in [0.15, 0.2) is 30.6 Å². The number of hydrogen-bond donors (Lipinski definition) is 2. The van der Waals surface area contributed by atoms with Crippen molar-refractivity contribution in [3.63, 3.8) is 0 Å². The second-order valence-electron chi connectivity index (χ2n) is 5.36. The van der Waals surface area contributed by atoms with Crippen LogP contribution in [0.25, 0.3) is 0 Å². The third-order valence-electron chi connectivity index (χ3n) is 4.03. The first kappa shape index (κ1) is 12.4. The van der Waals surface area contributed by atoms with Gasteiger partial charge in [-0.1, -0.05) is 24.3 Å². The van der Waals surface area contributed by atoms with Gasteiger partial charge in [-0.25, -0.2) is 4.98 Å². The highest BCUT2D eigenvalue weighted by atomic mass is 15.2. The molecule has 0 unspecified atom stereocenters. The Labute approximate surface area is 113 Å². The molecule has 2 aromatic rings. The van der Waals surface area contributed by atoms with Gasteiger partial charge in [0.25, 0.3) is 0 Å². The predicted octanol–water partition coefficient (Wildman–Crippen LogP) is 2.19. The molecule has 4 nitrogen and oxygen atoms in total. The Balaban J connectivity index is 1.42. The Hall–Kier alpha value is -1.68. The lowest BCUT2D eigenvalue weighted by Crippen LogP contribution is -2.41. The van der Waals surface area contributed by atoms with Crippen molar-refractivity contribution in [1.29, 1.82) is 0 Å². The third-order valence-corrected chi connectivity index (χ3v) is 4.03. The number of H-pyrrole nitrogens is 1. The van der Waals surface area contributed by atoms with E-state index in [1.54, 1.807) is 6.33 Å². The van der Waals surface area contributed by atoms with Crippen LogP contribution in [0.2, 0.25) is 0 Å². The molecule has 1 aliphatic carbocycles. The average molecular weight is 256 g/mol. The van der Waals surface area contributed by atoms with Crippen LogP contribution < -0.4 is 5.32 Å². The number of nitrogens with one attached hydrogen (secondary N) is 2. The minimum Gasteiger partial charge on any atom is -0.313 e. The lowest BCUT2D eigenvalue weighted by molar-refractivity contribution is 0.291. The molecule has 0 aliphatic heterocycles. The first-order chi connectivity index (χ1) is 9.33. The van der Waals surface area contributed by atoms with E-state index in [1.165, 1.54) is 24.0 Å². The molecule has 1 aromatic heterocycles. The molecule has 1 heterocycles. The van der Waals surface area contributed by atoms with Crippen molar-refractivity contribution in [3.05, 3.63) is 47.5 Å². The fraction of sp³-hybridized carbons (Fsp3) is 0.467. The fourth-order valence-electron chi connectivity index (χ4n) is 2.83. The van der Waals surface area contributed by atoms with Crippen molar-refractivity contribution in [2.75, 3.05) is 6.54 Å². The summed E-state index contributed by atoms with van der Waals surface area (Å²) in [6, 6.07) is 9.40. The molecule has 0 saturated heterocycles. The summed E-state index contributed by atoms with van der Waals surface area (Å²) in [6.45, 7) is 3.18. The van der Waals surface area contributed by atoms with Crippen molar-refractivity contribution < 1.29 is 0 Å². The minimum atomic E-state index is 0.660. The van der Waals surface area contributed by atoms with Crippen LogP contribution in [0.3, 0.4) is 0 Å². The number of aromatic nitrogens is 3. The summed E-state index contributed by atoms with van der Waals surface area (Å²) in [5.74, 6) is 1.70. The van der Waals surface area contributed by atoms with E-state index >= 15 is 0 Å². The summed E-state index contributed by atoms with van der Waals surface area (Å²) in [5, 5.41) is 10.3. The van der Waals surface area contributed by atoms with Gasteiger partial charge in [-0.15, -0.1) is 0 Å². The molecule has 0 spiro atoms. The highest BCUT2D eigenvalue weighted by molar-refractivity contribution is 5.31. The monoisotopic (exact) mass is 256 g/mol. The molecule has 4 heteroatoms. The minimum absolute atomic E-state index is 0.660. The van der Waals surface area contributed by atoms with Crippen molar-refractivity contribution >= 4 is 0 Å². The smallest absolute Gasteiger partial charge is 0.137 e.